The number of urea groups is 1. The summed E-state index contributed by atoms with van der Waals surface area (Å²) in [5.74, 6) is -21.9. The number of phenols is 1. The highest BCUT2D eigenvalue weighted by Gasteiger charge is 2.37. The number of unbranched alkanes of at least 4 members (excludes halogenated alkanes) is 1. The number of amides is 10. The maximum atomic E-state index is 15.2. The maximum Gasteiger partial charge on any atom is 0.326 e. The molecule has 0 radical (unpaired) electrons. The van der Waals surface area contributed by atoms with Gasteiger partial charge in [0.1, 0.15) is 65.7 Å². The van der Waals surface area contributed by atoms with Crippen LogP contribution in [0.5, 0.6) is 5.75 Å². The molecule has 1 aliphatic rings. The Bertz CT molecular complexity index is 4950. The summed E-state index contributed by atoms with van der Waals surface area (Å²) >= 11 is 0. The van der Waals surface area contributed by atoms with E-state index < -0.39 is 272 Å². The van der Waals surface area contributed by atoms with Gasteiger partial charge in [0.2, 0.25) is 41.4 Å². The van der Waals surface area contributed by atoms with Crippen molar-refractivity contribution in [3.05, 3.63) is 152 Å². The highest BCUT2D eigenvalue weighted by molar-refractivity contribution is 6.02. The van der Waals surface area contributed by atoms with E-state index in [1.54, 1.807) is 54.6 Å². The number of fused-ring (bicyclic) bond motifs is 1. The molecular formula is C83H105N17O32. The zero-order chi connectivity index (χ0) is 97.4. The molecule has 1 aliphatic heterocycles. The van der Waals surface area contributed by atoms with E-state index in [0.29, 0.717) is 39.9 Å². The summed E-state index contributed by atoms with van der Waals surface area (Å²) in [6, 6.07) is 8.74. The quantitative estimate of drug-likeness (QED) is 0.00911. The Hall–Kier alpha value is -15.1. The monoisotopic (exact) mass is 1850 g/mol. The molecule has 714 valence electrons. The van der Waals surface area contributed by atoms with Gasteiger partial charge < -0.3 is 110 Å². The summed E-state index contributed by atoms with van der Waals surface area (Å²) < 4.78 is 0. The molecule has 0 aliphatic carbocycles. The highest BCUT2D eigenvalue weighted by Crippen LogP contribution is 2.26. The number of carboxylic acid groups (broad SMARTS) is 9. The fourth-order valence-electron chi connectivity index (χ4n) is 13.9. The van der Waals surface area contributed by atoms with Crippen LogP contribution in [0.1, 0.15) is 104 Å². The molecular weight excluding hydrogens is 1750 g/mol. The van der Waals surface area contributed by atoms with Crippen LogP contribution >= 0.6 is 0 Å². The average Bonchev–Trinajstić information content (AvgIpc) is 0.827. The van der Waals surface area contributed by atoms with E-state index in [1.165, 1.54) is 56.0 Å². The van der Waals surface area contributed by atoms with Gasteiger partial charge in [0, 0.05) is 116 Å². The van der Waals surface area contributed by atoms with Crippen molar-refractivity contribution in [3.63, 3.8) is 0 Å². The molecule has 1 saturated heterocycles. The molecule has 132 heavy (non-hydrogen) atoms. The number of anilines is 1. The number of nitrogens with one attached hydrogen (secondary N) is 10. The minimum atomic E-state index is -1.93. The summed E-state index contributed by atoms with van der Waals surface area (Å²) in [4.78, 5) is 262. The number of rotatable bonds is 53. The number of nitrogens with zero attached hydrogens (tertiary/aromatic N) is 6. The fraction of sp³-hybridized carbons (Fsp3) is 0.446. The number of benzene rings is 5. The number of carbonyl (C=O) groups excluding carboxylic acids is 9. The second-order valence-corrected chi connectivity index (χ2v) is 30.8. The molecule has 5 aromatic rings. The second-order valence-electron chi connectivity index (χ2n) is 30.8. The predicted octanol–water partition coefficient (Wildman–Crippen LogP) is -1.50. The molecule has 6 rings (SSSR count). The minimum absolute atomic E-state index is 0.0144. The zero-order valence-electron chi connectivity index (χ0n) is 71.1. The number of hydrogen-bond acceptors (Lipinski definition) is 28. The molecule has 1 fully saturated rings. The van der Waals surface area contributed by atoms with Crippen molar-refractivity contribution < 1.29 is 147 Å². The van der Waals surface area contributed by atoms with E-state index >= 15 is 9.59 Å². The first-order valence-electron chi connectivity index (χ1n) is 41.4. The number of nitrogen functional groups attached to an aromatic ring is 1. The van der Waals surface area contributed by atoms with Gasteiger partial charge in [0.05, 0.1) is 42.0 Å². The molecule has 0 bridgehead atoms. The molecule has 10 amide bonds. The third kappa shape index (κ3) is 37.3. The van der Waals surface area contributed by atoms with Crippen molar-refractivity contribution in [2.75, 3.05) is 90.8 Å². The smallest absolute Gasteiger partial charge is 0.326 e. The van der Waals surface area contributed by atoms with Crippen LogP contribution in [-0.4, -0.2) is 327 Å². The lowest BCUT2D eigenvalue weighted by Gasteiger charge is -2.35. The third-order valence-corrected chi connectivity index (χ3v) is 20.9. The van der Waals surface area contributed by atoms with Crippen molar-refractivity contribution in [1.82, 2.24) is 72.8 Å². The van der Waals surface area contributed by atoms with E-state index in [1.807, 2.05) is 10.6 Å². The molecule has 9 atom stereocenters. The molecule has 49 nitrogen and oxygen atoms in total. The number of nitro groups is 2. The molecule has 1 heterocycles. The predicted molar refractivity (Wildman–Crippen MR) is 459 cm³/mol. The number of nitrogens with two attached hydrogens (primary N) is 1. The molecule has 1 unspecified atom stereocenters. The van der Waals surface area contributed by atoms with Gasteiger partial charge in [0.15, 0.2) is 0 Å². The van der Waals surface area contributed by atoms with Gasteiger partial charge in [-0.05, 0) is 109 Å². The van der Waals surface area contributed by atoms with Crippen molar-refractivity contribution in [2.24, 2.45) is 0 Å². The Morgan fingerprint density at radius 1 is 0.379 bits per heavy atom. The summed E-state index contributed by atoms with van der Waals surface area (Å²) in [6.45, 7) is -2.54. The Balaban J connectivity index is 1.18. The fourth-order valence-corrected chi connectivity index (χ4v) is 13.9. The van der Waals surface area contributed by atoms with Gasteiger partial charge in [-0.2, -0.15) is 0 Å². The highest BCUT2D eigenvalue weighted by atomic mass is 16.6. The number of hydrogen-bond donors (Lipinski definition) is 21. The lowest BCUT2D eigenvalue weighted by molar-refractivity contribution is -0.394. The van der Waals surface area contributed by atoms with E-state index in [-0.39, 0.29) is 103 Å². The summed E-state index contributed by atoms with van der Waals surface area (Å²) in [7, 11) is 0. The molecule has 5 aromatic carbocycles. The molecule has 22 N–H and O–H groups in total. The molecule has 49 heteroatoms. The topological polar surface area (TPSA) is 755 Å². The van der Waals surface area contributed by atoms with Crippen molar-refractivity contribution >= 4 is 135 Å². The normalized spacial score (nSPS) is 14.9. The Morgan fingerprint density at radius 3 is 1.30 bits per heavy atom. The number of nitro benzene ring substituents is 2. The van der Waals surface area contributed by atoms with Crippen LogP contribution in [0.2, 0.25) is 0 Å². The van der Waals surface area contributed by atoms with E-state index in [2.05, 4.69) is 42.5 Å². The molecule has 0 aromatic heterocycles. The number of phenolic OH excluding ortho intramolecular Hbond substituents is 1. The first-order valence-corrected chi connectivity index (χ1v) is 41.4. The van der Waals surface area contributed by atoms with Crippen LogP contribution in [-0.2, 0) is 96.0 Å². The van der Waals surface area contributed by atoms with Crippen LogP contribution in [0.4, 0.5) is 21.9 Å². The number of carbonyl (C=O) groups is 18. The summed E-state index contributed by atoms with van der Waals surface area (Å²) in [5.41, 5.74) is 4.77. The minimum Gasteiger partial charge on any atom is -0.508 e. The number of aromatic hydroxyl groups is 1. The van der Waals surface area contributed by atoms with Gasteiger partial charge >= 0.3 is 59.8 Å². The number of carboxylic acids is 9. The first-order chi connectivity index (χ1) is 62.5. The van der Waals surface area contributed by atoms with Crippen LogP contribution in [0.25, 0.3) is 10.8 Å². The maximum absolute atomic E-state index is 15.2. The Kier molecular flexibility index (Phi) is 42.4. The number of non-ortho nitro benzene ring substituents is 1. The third-order valence-electron chi connectivity index (χ3n) is 20.9. The van der Waals surface area contributed by atoms with Gasteiger partial charge in [-0.1, -0.05) is 66.7 Å². The van der Waals surface area contributed by atoms with Crippen LogP contribution in [0, 0.1) is 20.2 Å². The van der Waals surface area contributed by atoms with Crippen LogP contribution in [0.3, 0.4) is 0 Å². The molecule has 0 saturated carbocycles. The molecule has 0 spiro atoms. The first kappa shape index (κ1) is 106. The summed E-state index contributed by atoms with van der Waals surface area (Å²) in [5, 5.41) is 147. The van der Waals surface area contributed by atoms with Gasteiger partial charge in [-0.25, -0.2) is 24.0 Å². The largest absolute Gasteiger partial charge is 0.508 e. The van der Waals surface area contributed by atoms with E-state index in [4.69, 9.17) is 10.8 Å². The van der Waals surface area contributed by atoms with Crippen LogP contribution < -0.4 is 58.9 Å². The van der Waals surface area contributed by atoms with Gasteiger partial charge in [-0.3, -0.25) is 102 Å². The van der Waals surface area contributed by atoms with E-state index in [0.717, 1.165) is 11.5 Å². The Labute approximate surface area is 750 Å². The van der Waals surface area contributed by atoms with Gasteiger partial charge in [0.25, 0.3) is 17.3 Å². The second kappa shape index (κ2) is 53.0. The SMILES string of the molecule is Nc1ccc(C[C@H](NC(=O)CCC(C(=O)O)N2CCN(CC(=O)O)CCN(CC(=O)O)CCN(CC(=O)O)CC2)C(=O)N[C@H](Cc2ccc(O)cc2)C(=O)N[C@H](Cc2ccc3ccccc3c2)C(=O)N[C@H](CCCCNC(=O)[C@@H](CC(=O)NCCC[C@H](NC(=O)CC[C@H](NC(=O)N[C@@H](CCC(=O)O)C(=O)O)C(=O)O)C(=O)O)NC(=O)c2ccc([N+](=O)[O-])cc2[N+](=O)[O-])C(=O)O)cc1. The standard InChI is InChI=1S/C83H105N17O32/c84-52-16-11-47(12-17-52)39-60(88-67(103)26-24-64(82(126)127)98-36-34-96(45-71(109)110)32-30-95(44-70(107)108)31-33-97(35-37-98)46-72(111)112)75(115)91-61(40-48-13-19-54(101)20-14-48)77(117)92-62(41-49-10-15-50-6-1-2-7-51(50)38-49)76(116)89-57(79(120)121)8-3-4-28-86-74(114)63(90-73(113)55-21-18-53(99(129)130)42-65(55)100(131)132)43-68(104)85-29-5-9-56(78(118)119)87-66(102)25-22-58(80(122)123)93-83(128)94-59(81(124)125)23-27-69(105)106/h1-2,6-7,10-21,38,42,56-64,101H,3-5,8-9,22-37,39-41,43-46,84H2,(H,85,104)(H,86,114)(H,87,102)(H,88,103)(H,89,116)(H,90,113)(H,91,115)(H,92,117)(H,105,106)(H,107,108)(H,109,110)(H,111,112)(H,118,119)(H,120,121)(H,122,123)(H,124,125)(H,126,127)(H2,93,94,128)/t56-,57+,58-,59-,60-,61+,62+,63+,64?/m0/s1. The van der Waals surface area contributed by atoms with Crippen LogP contribution in [0.15, 0.2) is 109 Å². The van der Waals surface area contributed by atoms with Crippen molar-refractivity contribution in [1.29, 1.82) is 0 Å². The number of aliphatic carboxylic acids is 9. The van der Waals surface area contributed by atoms with Crippen molar-refractivity contribution in [3.8, 4) is 5.75 Å². The lowest BCUT2D eigenvalue weighted by Crippen LogP contribution is -2.59. The average molecular weight is 1850 g/mol. The van der Waals surface area contributed by atoms with Crippen molar-refractivity contribution in [2.45, 2.75) is 151 Å². The zero-order valence-corrected chi connectivity index (χ0v) is 71.1. The summed E-state index contributed by atoms with van der Waals surface area (Å²) in [6.07, 6.45) is -7.00. The van der Waals surface area contributed by atoms with Gasteiger partial charge in [-0.15, -0.1) is 0 Å². The van der Waals surface area contributed by atoms with E-state index in [9.17, 15) is 143 Å². The Morgan fingerprint density at radius 2 is 0.811 bits per heavy atom. The lowest BCUT2D eigenvalue weighted by atomic mass is 9.99.